The molecule has 0 saturated heterocycles. The van der Waals surface area contributed by atoms with Crippen LogP contribution in [-0.2, 0) is 0 Å². The third-order valence-electron chi connectivity index (χ3n) is 10.3. The Morgan fingerprint density at radius 2 is 0.800 bits per heavy atom. The number of fused-ring (bicyclic) bond motifs is 3. The second kappa shape index (κ2) is 14.1. The SMILES string of the molecule is c1ccc(-c2cccc(-c3cc(-c4cc(-c5ccccc5-c5ccccc5)nc(-c5ccccc5)n4)cc(-c4cccc5c4sc4ccccc45)c3)c2)cc1. The lowest BCUT2D eigenvalue weighted by Gasteiger charge is -2.15. The molecule has 0 N–H and O–H groups in total. The predicted molar refractivity (Wildman–Crippen MR) is 233 cm³/mol. The predicted octanol–water partition coefficient (Wildman–Crippen LogP) is 14.5. The number of hydrogen-bond acceptors (Lipinski definition) is 3. The molecule has 0 atom stereocenters. The molecular weight excluding hydrogens is 685 g/mol. The number of nitrogens with zero attached hydrogens (tertiary/aromatic N) is 2. The van der Waals surface area contributed by atoms with Crippen LogP contribution in [0.5, 0.6) is 0 Å². The lowest BCUT2D eigenvalue weighted by molar-refractivity contribution is 1.18. The van der Waals surface area contributed by atoms with Crippen LogP contribution in [0, 0.1) is 0 Å². The Morgan fingerprint density at radius 1 is 0.291 bits per heavy atom. The molecule has 258 valence electrons. The van der Waals surface area contributed by atoms with E-state index >= 15 is 0 Å². The van der Waals surface area contributed by atoms with Gasteiger partial charge in [-0.25, -0.2) is 9.97 Å². The van der Waals surface area contributed by atoms with Gasteiger partial charge in [0.05, 0.1) is 11.4 Å². The molecule has 0 aliphatic rings. The molecule has 0 unspecified atom stereocenters. The smallest absolute Gasteiger partial charge is 0.160 e. The summed E-state index contributed by atoms with van der Waals surface area (Å²) >= 11 is 1.86. The molecule has 0 spiro atoms. The van der Waals surface area contributed by atoms with Gasteiger partial charge in [-0.1, -0.05) is 170 Å². The lowest BCUT2D eigenvalue weighted by atomic mass is 9.92. The van der Waals surface area contributed by atoms with Gasteiger partial charge in [0.2, 0.25) is 0 Å². The van der Waals surface area contributed by atoms with Crippen molar-refractivity contribution in [3.63, 3.8) is 0 Å². The monoisotopic (exact) mass is 718 g/mol. The van der Waals surface area contributed by atoms with Crippen molar-refractivity contribution in [2.24, 2.45) is 0 Å². The topological polar surface area (TPSA) is 25.8 Å². The standard InChI is InChI=1S/C52H34N2S/c1-4-16-35(17-5-1)38-22-14-23-39(30-38)40-31-41(44-27-15-28-47-46-26-12-13-29-50(46)55-51(44)47)33-42(32-40)48-34-49(54-52(53-48)37-20-8-3-9-21-37)45-25-11-10-24-43(45)36-18-6-2-7-19-36/h1-34H. The first-order valence-corrected chi connectivity index (χ1v) is 19.4. The Labute approximate surface area is 324 Å². The van der Waals surface area contributed by atoms with Crippen LogP contribution in [0.2, 0.25) is 0 Å². The Kier molecular flexibility index (Phi) is 8.40. The van der Waals surface area contributed by atoms with Crippen LogP contribution in [0.25, 0.3) is 98.6 Å². The van der Waals surface area contributed by atoms with Crippen LogP contribution in [-0.4, -0.2) is 9.97 Å². The van der Waals surface area contributed by atoms with Crippen molar-refractivity contribution in [2.45, 2.75) is 0 Å². The Bertz CT molecular complexity index is 2970. The summed E-state index contributed by atoms with van der Waals surface area (Å²) in [6.07, 6.45) is 0. The van der Waals surface area contributed by atoms with Crippen molar-refractivity contribution in [3.05, 3.63) is 206 Å². The highest BCUT2D eigenvalue weighted by atomic mass is 32.1. The van der Waals surface area contributed by atoms with E-state index in [2.05, 4.69) is 188 Å². The van der Waals surface area contributed by atoms with Crippen LogP contribution in [0.15, 0.2) is 206 Å². The number of hydrogen-bond donors (Lipinski definition) is 0. The van der Waals surface area contributed by atoms with Crippen molar-refractivity contribution >= 4 is 31.5 Å². The molecule has 10 rings (SSSR count). The number of thiophene rings is 1. The molecule has 2 nitrogen and oxygen atoms in total. The van der Waals surface area contributed by atoms with Crippen molar-refractivity contribution in [1.82, 2.24) is 9.97 Å². The first-order valence-electron chi connectivity index (χ1n) is 18.6. The lowest BCUT2D eigenvalue weighted by Crippen LogP contribution is -1.97. The molecule has 8 aromatic carbocycles. The van der Waals surface area contributed by atoms with E-state index in [1.807, 2.05) is 29.5 Å². The van der Waals surface area contributed by atoms with E-state index in [0.717, 1.165) is 55.9 Å². The summed E-state index contributed by atoms with van der Waals surface area (Å²) in [5, 5.41) is 2.57. The van der Waals surface area contributed by atoms with Crippen molar-refractivity contribution in [1.29, 1.82) is 0 Å². The molecule has 0 saturated carbocycles. The van der Waals surface area contributed by atoms with Gasteiger partial charge >= 0.3 is 0 Å². The summed E-state index contributed by atoms with van der Waals surface area (Å²) in [4.78, 5) is 10.6. The van der Waals surface area contributed by atoms with Gasteiger partial charge in [-0.3, -0.25) is 0 Å². The fraction of sp³-hybridized carbons (Fsp3) is 0. The third kappa shape index (κ3) is 6.31. The van der Waals surface area contributed by atoms with E-state index in [4.69, 9.17) is 9.97 Å². The van der Waals surface area contributed by atoms with Crippen LogP contribution in [0.1, 0.15) is 0 Å². The summed E-state index contributed by atoms with van der Waals surface area (Å²) in [5.74, 6) is 0.695. The number of benzene rings is 8. The van der Waals surface area contributed by atoms with E-state index in [1.54, 1.807) is 0 Å². The fourth-order valence-electron chi connectivity index (χ4n) is 7.61. The van der Waals surface area contributed by atoms with Gasteiger partial charge < -0.3 is 0 Å². The zero-order valence-electron chi connectivity index (χ0n) is 29.9. The van der Waals surface area contributed by atoms with Crippen LogP contribution < -0.4 is 0 Å². The molecule has 0 aliphatic carbocycles. The minimum absolute atomic E-state index is 0.695. The van der Waals surface area contributed by atoms with Gasteiger partial charge in [-0.15, -0.1) is 11.3 Å². The summed E-state index contributed by atoms with van der Waals surface area (Å²) in [5.41, 5.74) is 14.2. The second-order valence-electron chi connectivity index (χ2n) is 13.8. The fourth-order valence-corrected chi connectivity index (χ4v) is 8.84. The highest BCUT2D eigenvalue weighted by Gasteiger charge is 2.17. The molecule has 0 aliphatic heterocycles. The summed E-state index contributed by atoms with van der Waals surface area (Å²) in [7, 11) is 0. The number of rotatable bonds is 7. The molecule has 0 bridgehead atoms. The molecule has 55 heavy (non-hydrogen) atoms. The van der Waals surface area contributed by atoms with Gasteiger partial charge in [-0.05, 0) is 80.9 Å². The Morgan fingerprint density at radius 3 is 1.58 bits per heavy atom. The van der Waals surface area contributed by atoms with E-state index in [1.165, 1.54) is 36.9 Å². The largest absolute Gasteiger partial charge is 0.228 e. The highest BCUT2D eigenvalue weighted by molar-refractivity contribution is 7.26. The van der Waals surface area contributed by atoms with Crippen LogP contribution >= 0.6 is 11.3 Å². The quantitative estimate of drug-likeness (QED) is 0.164. The third-order valence-corrected chi connectivity index (χ3v) is 11.5. The van der Waals surface area contributed by atoms with Crippen LogP contribution in [0.4, 0.5) is 0 Å². The van der Waals surface area contributed by atoms with Gasteiger partial charge in [-0.2, -0.15) is 0 Å². The molecular formula is C52H34N2S. The first-order chi connectivity index (χ1) is 27.2. The van der Waals surface area contributed by atoms with Crippen LogP contribution in [0.3, 0.4) is 0 Å². The minimum atomic E-state index is 0.695. The number of aromatic nitrogens is 2. The summed E-state index contributed by atoms with van der Waals surface area (Å²) in [6.45, 7) is 0. The average Bonchev–Trinajstić information content (AvgIpc) is 3.66. The van der Waals surface area contributed by atoms with Crippen molar-refractivity contribution in [2.75, 3.05) is 0 Å². The average molecular weight is 719 g/mol. The molecule has 2 aromatic heterocycles. The van der Waals surface area contributed by atoms with Crippen molar-refractivity contribution < 1.29 is 0 Å². The van der Waals surface area contributed by atoms with Gasteiger partial charge in [0.25, 0.3) is 0 Å². The highest BCUT2D eigenvalue weighted by Crippen LogP contribution is 2.43. The van der Waals surface area contributed by atoms with E-state index in [9.17, 15) is 0 Å². The summed E-state index contributed by atoms with van der Waals surface area (Å²) in [6, 6.07) is 73.4. The molecule has 10 aromatic rings. The van der Waals surface area contributed by atoms with E-state index < -0.39 is 0 Å². The maximum atomic E-state index is 5.33. The zero-order valence-corrected chi connectivity index (χ0v) is 30.7. The first kappa shape index (κ1) is 32.7. The van der Waals surface area contributed by atoms with E-state index in [-0.39, 0.29) is 0 Å². The van der Waals surface area contributed by atoms with Gasteiger partial charge in [0.1, 0.15) is 0 Å². The summed E-state index contributed by atoms with van der Waals surface area (Å²) < 4.78 is 2.58. The molecule has 0 radical (unpaired) electrons. The van der Waals surface area contributed by atoms with Crippen molar-refractivity contribution in [3.8, 4) is 78.4 Å². The zero-order chi connectivity index (χ0) is 36.6. The molecule has 0 fully saturated rings. The Hall–Kier alpha value is -6.94. The maximum absolute atomic E-state index is 5.33. The Balaban J connectivity index is 1.22. The normalized spacial score (nSPS) is 11.3. The maximum Gasteiger partial charge on any atom is 0.160 e. The molecule has 2 heterocycles. The minimum Gasteiger partial charge on any atom is -0.228 e. The van der Waals surface area contributed by atoms with Gasteiger partial charge in [0.15, 0.2) is 5.82 Å². The molecule has 0 amide bonds. The molecule has 3 heteroatoms. The second-order valence-corrected chi connectivity index (χ2v) is 14.8. The van der Waals surface area contributed by atoms with Gasteiger partial charge in [0, 0.05) is 36.9 Å². The van der Waals surface area contributed by atoms with E-state index in [0.29, 0.717) is 5.82 Å².